The van der Waals surface area contributed by atoms with Gasteiger partial charge in [-0.3, -0.25) is 9.59 Å². The van der Waals surface area contributed by atoms with Gasteiger partial charge in [-0.2, -0.15) is 0 Å². The summed E-state index contributed by atoms with van der Waals surface area (Å²) >= 11 is 0. The molecule has 0 spiro atoms. The van der Waals surface area contributed by atoms with Crippen molar-refractivity contribution in [2.75, 3.05) is 6.54 Å². The Morgan fingerprint density at radius 1 is 1.23 bits per heavy atom. The van der Waals surface area contributed by atoms with E-state index in [9.17, 15) is 18.0 Å². The van der Waals surface area contributed by atoms with Crippen LogP contribution in [-0.4, -0.2) is 36.7 Å². The van der Waals surface area contributed by atoms with E-state index in [0.29, 0.717) is 6.42 Å². The standard InChI is InChI=1S/C23H26N2O5S/c1-15-10-11-16-18(14-23(2,3)30-19(16)13-15)24-21(26)9-6-12-25-22(27)17-7-4-5-8-20(17)31(25,28)29/h4-5,7-8,10-11,13,18H,6,9,12,14H2,1-3H3,(H,24,26)/t18-/m1/s1. The van der Waals surface area contributed by atoms with E-state index in [1.807, 2.05) is 39.0 Å². The van der Waals surface area contributed by atoms with Crippen LogP contribution in [0.1, 0.15) is 60.6 Å². The number of carbonyl (C=O) groups is 2. The predicted molar refractivity (Wildman–Crippen MR) is 115 cm³/mol. The van der Waals surface area contributed by atoms with Gasteiger partial charge >= 0.3 is 0 Å². The first-order valence-electron chi connectivity index (χ1n) is 10.3. The number of benzene rings is 2. The van der Waals surface area contributed by atoms with Gasteiger partial charge in [0.15, 0.2) is 0 Å². The minimum atomic E-state index is -3.84. The lowest BCUT2D eigenvalue weighted by molar-refractivity contribution is -0.122. The lowest BCUT2D eigenvalue weighted by atomic mass is 9.89. The average molecular weight is 443 g/mol. The quantitative estimate of drug-likeness (QED) is 0.767. The molecule has 2 aliphatic rings. The highest BCUT2D eigenvalue weighted by Gasteiger charge is 2.40. The van der Waals surface area contributed by atoms with E-state index in [2.05, 4.69) is 5.32 Å². The number of rotatable bonds is 5. The van der Waals surface area contributed by atoms with E-state index in [0.717, 1.165) is 21.2 Å². The summed E-state index contributed by atoms with van der Waals surface area (Å²) in [5, 5.41) is 3.05. The van der Waals surface area contributed by atoms with Crippen molar-refractivity contribution in [3.05, 3.63) is 59.2 Å². The number of sulfonamides is 1. The topological polar surface area (TPSA) is 92.8 Å². The number of ether oxygens (including phenoxy) is 1. The van der Waals surface area contributed by atoms with Crippen molar-refractivity contribution in [2.24, 2.45) is 0 Å². The van der Waals surface area contributed by atoms with Crippen molar-refractivity contribution in [1.29, 1.82) is 0 Å². The number of carbonyl (C=O) groups excluding carboxylic acids is 2. The van der Waals surface area contributed by atoms with E-state index >= 15 is 0 Å². The fourth-order valence-corrected chi connectivity index (χ4v) is 5.80. The van der Waals surface area contributed by atoms with Crippen LogP contribution in [0.4, 0.5) is 0 Å². The molecule has 2 aromatic carbocycles. The molecule has 0 aliphatic carbocycles. The lowest BCUT2D eigenvalue weighted by Gasteiger charge is -2.38. The van der Waals surface area contributed by atoms with Gasteiger partial charge in [0.1, 0.15) is 16.2 Å². The summed E-state index contributed by atoms with van der Waals surface area (Å²) in [5.74, 6) is 0.0512. The number of fused-ring (bicyclic) bond motifs is 2. The SMILES string of the molecule is Cc1ccc2c(c1)OC(C)(C)C[C@H]2NC(=O)CCCN1C(=O)c2ccccc2S1(=O)=O. The Morgan fingerprint density at radius 2 is 1.97 bits per heavy atom. The molecular formula is C23H26N2O5S. The first-order chi connectivity index (χ1) is 14.6. The first kappa shape index (κ1) is 21.4. The fourth-order valence-electron chi connectivity index (χ4n) is 4.19. The molecule has 2 amide bonds. The van der Waals surface area contributed by atoms with Crippen LogP contribution in [0, 0.1) is 6.92 Å². The summed E-state index contributed by atoms with van der Waals surface area (Å²) in [6, 6.07) is 11.9. The van der Waals surface area contributed by atoms with Crippen molar-refractivity contribution in [3.63, 3.8) is 0 Å². The molecule has 164 valence electrons. The van der Waals surface area contributed by atoms with E-state index in [1.54, 1.807) is 12.1 Å². The van der Waals surface area contributed by atoms with Crippen molar-refractivity contribution < 1.29 is 22.7 Å². The van der Waals surface area contributed by atoms with E-state index in [1.165, 1.54) is 12.1 Å². The fraction of sp³-hybridized carbons (Fsp3) is 0.391. The van der Waals surface area contributed by atoms with E-state index in [4.69, 9.17) is 4.74 Å². The molecule has 0 radical (unpaired) electrons. The van der Waals surface area contributed by atoms with Crippen LogP contribution in [0.25, 0.3) is 0 Å². The minimum absolute atomic E-state index is 0.0285. The second kappa shape index (κ2) is 7.67. The molecular weight excluding hydrogens is 416 g/mol. The molecule has 0 fully saturated rings. The van der Waals surface area contributed by atoms with Crippen LogP contribution in [-0.2, 0) is 14.8 Å². The second-order valence-corrected chi connectivity index (χ2v) is 10.5. The Labute approximate surface area is 182 Å². The maximum absolute atomic E-state index is 12.6. The summed E-state index contributed by atoms with van der Waals surface area (Å²) < 4.78 is 32.2. The molecule has 8 heteroatoms. The highest BCUT2D eigenvalue weighted by Crippen LogP contribution is 2.40. The highest BCUT2D eigenvalue weighted by atomic mass is 32.2. The van der Waals surface area contributed by atoms with Crippen LogP contribution >= 0.6 is 0 Å². The average Bonchev–Trinajstić information content (AvgIpc) is 2.87. The highest BCUT2D eigenvalue weighted by molar-refractivity contribution is 7.90. The van der Waals surface area contributed by atoms with Crippen LogP contribution < -0.4 is 10.1 Å². The summed E-state index contributed by atoms with van der Waals surface area (Å²) in [6.07, 6.45) is 0.996. The number of nitrogens with one attached hydrogen (secondary N) is 1. The molecule has 0 unspecified atom stereocenters. The zero-order chi connectivity index (χ0) is 22.4. The van der Waals surface area contributed by atoms with Gasteiger partial charge in [0.2, 0.25) is 5.91 Å². The Morgan fingerprint density at radius 3 is 2.71 bits per heavy atom. The first-order valence-corrected chi connectivity index (χ1v) is 11.8. The molecule has 31 heavy (non-hydrogen) atoms. The number of aryl methyl sites for hydroxylation is 1. The Balaban J connectivity index is 1.39. The zero-order valence-electron chi connectivity index (χ0n) is 17.8. The van der Waals surface area contributed by atoms with E-state index in [-0.39, 0.29) is 41.8 Å². The van der Waals surface area contributed by atoms with E-state index < -0.39 is 21.5 Å². The molecule has 0 aromatic heterocycles. The summed E-state index contributed by atoms with van der Waals surface area (Å²) in [7, 11) is -3.84. The predicted octanol–water partition coefficient (Wildman–Crippen LogP) is 3.34. The van der Waals surface area contributed by atoms with Gasteiger partial charge in [0, 0.05) is 24.9 Å². The van der Waals surface area contributed by atoms with Gasteiger partial charge in [-0.25, -0.2) is 12.7 Å². The third-order valence-electron chi connectivity index (χ3n) is 5.64. The molecule has 7 nitrogen and oxygen atoms in total. The molecule has 0 bridgehead atoms. The van der Waals surface area contributed by atoms with Crippen molar-refractivity contribution in [1.82, 2.24) is 9.62 Å². The number of hydrogen-bond donors (Lipinski definition) is 1. The van der Waals surface area contributed by atoms with Crippen molar-refractivity contribution >= 4 is 21.8 Å². The lowest BCUT2D eigenvalue weighted by Crippen LogP contribution is -2.41. The van der Waals surface area contributed by atoms with Gasteiger partial charge in [0.25, 0.3) is 15.9 Å². The molecule has 2 aromatic rings. The van der Waals surface area contributed by atoms with Crippen LogP contribution in [0.2, 0.25) is 0 Å². The third kappa shape index (κ3) is 4.04. The van der Waals surface area contributed by atoms with Gasteiger partial charge in [-0.1, -0.05) is 24.3 Å². The molecule has 1 N–H and O–H groups in total. The third-order valence-corrected chi connectivity index (χ3v) is 7.48. The molecule has 0 saturated heterocycles. The molecule has 2 aliphatic heterocycles. The van der Waals surface area contributed by atoms with Gasteiger partial charge in [-0.05, 0) is 51.0 Å². The van der Waals surface area contributed by atoms with Crippen molar-refractivity contribution in [2.45, 2.75) is 56.6 Å². The maximum Gasteiger partial charge on any atom is 0.269 e. The Bertz CT molecular complexity index is 1160. The van der Waals surface area contributed by atoms with Crippen molar-refractivity contribution in [3.8, 4) is 5.75 Å². The maximum atomic E-state index is 12.6. The Kier molecular flexibility index (Phi) is 5.29. The van der Waals surface area contributed by atoms with Crippen LogP contribution in [0.15, 0.2) is 47.4 Å². The second-order valence-electron chi connectivity index (χ2n) is 8.71. The summed E-state index contributed by atoms with van der Waals surface area (Å²) in [6.45, 7) is 5.93. The van der Waals surface area contributed by atoms with Crippen LogP contribution in [0.5, 0.6) is 5.75 Å². The normalized spacial score (nSPS) is 20.5. The number of hydrogen-bond acceptors (Lipinski definition) is 5. The Hall–Kier alpha value is -2.87. The largest absolute Gasteiger partial charge is 0.487 e. The molecule has 0 saturated carbocycles. The van der Waals surface area contributed by atoms with Gasteiger partial charge < -0.3 is 10.1 Å². The minimum Gasteiger partial charge on any atom is -0.487 e. The summed E-state index contributed by atoms with van der Waals surface area (Å²) in [5.41, 5.74) is 1.79. The van der Waals surface area contributed by atoms with Crippen LogP contribution in [0.3, 0.4) is 0 Å². The monoisotopic (exact) mass is 442 g/mol. The molecule has 2 heterocycles. The van der Waals surface area contributed by atoms with Gasteiger partial charge in [0.05, 0.1) is 11.6 Å². The molecule has 4 rings (SSSR count). The number of amides is 2. The zero-order valence-corrected chi connectivity index (χ0v) is 18.7. The summed E-state index contributed by atoms with van der Waals surface area (Å²) in [4.78, 5) is 25.1. The number of nitrogens with zero attached hydrogens (tertiary/aromatic N) is 1. The smallest absolute Gasteiger partial charge is 0.269 e. The molecule has 1 atom stereocenters. The van der Waals surface area contributed by atoms with Gasteiger partial charge in [-0.15, -0.1) is 0 Å².